The van der Waals surface area contributed by atoms with Gasteiger partial charge in [-0.3, -0.25) is 14.9 Å². The van der Waals surface area contributed by atoms with Crippen molar-refractivity contribution in [3.8, 4) is 5.75 Å². The molecule has 1 aliphatic rings. The zero-order valence-electron chi connectivity index (χ0n) is 18.4. The summed E-state index contributed by atoms with van der Waals surface area (Å²) < 4.78 is 20.4. The van der Waals surface area contributed by atoms with Crippen molar-refractivity contribution in [3.05, 3.63) is 114 Å². The number of ether oxygens (including phenoxy) is 1. The fraction of sp³-hybridized carbons (Fsp3) is 0.0357. The van der Waals surface area contributed by atoms with E-state index in [1.165, 1.54) is 24.3 Å². The lowest BCUT2D eigenvalue weighted by atomic mass is 10.0. The zero-order valence-corrected chi connectivity index (χ0v) is 18.4. The molecule has 6 nitrogen and oxygen atoms in total. The van der Waals surface area contributed by atoms with Crippen molar-refractivity contribution < 1.29 is 23.5 Å². The van der Waals surface area contributed by atoms with Gasteiger partial charge in [-0.1, -0.05) is 72.8 Å². The van der Waals surface area contributed by atoms with Crippen LogP contribution in [-0.4, -0.2) is 17.8 Å². The van der Waals surface area contributed by atoms with Crippen molar-refractivity contribution >= 4 is 40.4 Å². The first kappa shape index (κ1) is 22.0. The van der Waals surface area contributed by atoms with E-state index in [4.69, 9.17) is 4.74 Å². The van der Waals surface area contributed by atoms with Crippen molar-refractivity contribution in [1.29, 1.82) is 0 Å². The molecule has 0 saturated carbocycles. The Balaban J connectivity index is 1.46. The van der Waals surface area contributed by atoms with Gasteiger partial charge in [0.1, 0.15) is 23.7 Å². The third kappa shape index (κ3) is 4.27. The number of nitrogens with one attached hydrogen (secondary N) is 1. The van der Waals surface area contributed by atoms with E-state index in [1.54, 1.807) is 24.3 Å². The zero-order chi connectivity index (χ0) is 24.4. The van der Waals surface area contributed by atoms with Crippen molar-refractivity contribution in [2.75, 3.05) is 4.90 Å². The standard InChI is InChI=1S/C28H19FN2O4/c29-23-13-4-5-14-24(23)31-27(33)22(26(32)30-28(31)34)16-19-9-2-6-15-25(19)35-17-20-11-7-10-18-8-1-3-12-21(18)20/h1-16H,17H2,(H,30,32,34)/b22-16-. The summed E-state index contributed by atoms with van der Waals surface area (Å²) in [5.74, 6) is -2.10. The SMILES string of the molecule is O=C1NC(=O)N(c2ccccc2F)C(=O)/C1=C\c1ccccc1OCc1cccc2ccccc12. The van der Waals surface area contributed by atoms with Crippen molar-refractivity contribution in [3.63, 3.8) is 0 Å². The molecule has 4 aromatic carbocycles. The third-order valence-electron chi connectivity index (χ3n) is 5.68. The van der Waals surface area contributed by atoms with Gasteiger partial charge >= 0.3 is 6.03 Å². The van der Waals surface area contributed by atoms with Gasteiger partial charge in [-0.15, -0.1) is 0 Å². The van der Waals surface area contributed by atoms with Crippen LogP contribution in [0.2, 0.25) is 0 Å². The Morgan fingerprint density at radius 2 is 1.54 bits per heavy atom. The minimum Gasteiger partial charge on any atom is -0.488 e. The summed E-state index contributed by atoms with van der Waals surface area (Å²) in [5, 5.41) is 4.26. The molecule has 1 N–H and O–H groups in total. The Kier molecular flexibility index (Phi) is 5.81. The maximum Gasteiger partial charge on any atom is 0.336 e. The number of hydrogen-bond acceptors (Lipinski definition) is 4. The molecule has 0 atom stereocenters. The molecule has 1 saturated heterocycles. The molecule has 5 rings (SSSR count). The average Bonchev–Trinajstić information content (AvgIpc) is 2.87. The minimum atomic E-state index is -1.01. The third-order valence-corrected chi connectivity index (χ3v) is 5.68. The number of carbonyl (C=O) groups is 3. The summed E-state index contributed by atoms with van der Waals surface area (Å²) in [4.78, 5) is 38.6. The molecule has 35 heavy (non-hydrogen) atoms. The van der Waals surface area contributed by atoms with Gasteiger partial charge in [0, 0.05) is 5.56 Å². The lowest BCUT2D eigenvalue weighted by Crippen LogP contribution is -2.54. The van der Waals surface area contributed by atoms with E-state index in [9.17, 15) is 18.8 Å². The smallest absolute Gasteiger partial charge is 0.336 e. The quantitative estimate of drug-likeness (QED) is 0.323. The number of amides is 4. The Morgan fingerprint density at radius 1 is 0.829 bits per heavy atom. The van der Waals surface area contributed by atoms with Crippen molar-refractivity contribution in [1.82, 2.24) is 5.32 Å². The van der Waals surface area contributed by atoms with Crippen LogP contribution in [0.4, 0.5) is 14.9 Å². The maximum atomic E-state index is 14.3. The van der Waals surface area contributed by atoms with E-state index in [1.807, 2.05) is 42.5 Å². The number of nitrogens with zero attached hydrogens (tertiary/aromatic N) is 1. The molecule has 1 heterocycles. The fourth-order valence-corrected chi connectivity index (χ4v) is 3.97. The summed E-state index contributed by atoms with van der Waals surface area (Å²) in [7, 11) is 0. The van der Waals surface area contributed by atoms with Crippen LogP contribution in [0, 0.1) is 5.82 Å². The normalized spacial score (nSPS) is 14.9. The number of halogens is 1. The molecule has 1 fully saturated rings. The first-order valence-electron chi connectivity index (χ1n) is 10.9. The average molecular weight is 466 g/mol. The Labute approximate surface area is 200 Å². The number of para-hydroxylation sites is 2. The van der Waals surface area contributed by atoms with Crippen LogP contribution in [0.25, 0.3) is 16.8 Å². The summed E-state index contributed by atoms with van der Waals surface area (Å²) in [6, 6.07) is 25.2. The predicted molar refractivity (Wildman–Crippen MR) is 130 cm³/mol. The number of rotatable bonds is 5. The molecular weight excluding hydrogens is 447 g/mol. The lowest BCUT2D eigenvalue weighted by Gasteiger charge is -2.26. The molecule has 0 spiro atoms. The summed E-state index contributed by atoms with van der Waals surface area (Å²) in [6.07, 6.45) is 1.34. The van der Waals surface area contributed by atoms with E-state index >= 15 is 0 Å². The van der Waals surface area contributed by atoms with Crippen LogP contribution in [0.1, 0.15) is 11.1 Å². The first-order valence-corrected chi connectivity index (χ1v) is 10.9. The summed E-state index contributed by atoms with van der Waals surface area (Å²) in [6.45, 7) is 0.265. The largest absolute Gasteiger partial charge is 0.488 e. The summed E-state index contributed by atoms with van der Waals surface area (Å²) in [5.41, 5.74) is 0.894. The van der Waals surface area contributed by atoms with Crippen LogP contribution >= 0.6 is 0 Å². The molecule has 4 amide bonds. The molecule has 0 aliphatic carbocycles. The molecule has 1 aliphatic heterocycles. The fourth-order valence-electron chi connectivity index (χ4n) is 3.97. The van der Waals surface area contributed by atoms with Crippen LogP contribution in [0.3, 0.4) is 0 Å². The highest BCUT2D eigenvalue weighted by Crippen LogP contribution is 2.28. The summed E-state index contributed by atoms with van der Waals surface area (Å²) >= 11 is 0. The van der Waals surface area contributed by atoms with Crippen LogP contribution in [0.15, 0.2) is 96.6 Å². The predicted octanol–water partition coefficient (Wildman–Crippen LogP) is 5.22. The molecular formula is C28H19FN2O4. The van der Waals surface area contributed by atoms with E-state index in [2.05, 4.69) is 5.32 Å². The number of anilines is 1. The van der Waals surface area contributed by atoms with Crippen LogP contribution in [0.5, 0.6) is 5.75 Å². The van der Waals surface area contributed by atoms with Gasteiger partial charge in [0.15, 0.2) is 0 Å². The van der Waals surface area contributed by atoms with Crippen molar-refractivity contribution in [2.24, 2.45) is 0 Å². The number of barbiturate groups is 1. The number of hydrogen-bond donors (Lipinski definition) is 1. The molecule has 0 radical (unpaired) electrons. The van der Waals surface area contributed by atoms with E-state index in [0.717, 1.165) is 22.4 Å². The molecule has 0 bridgehead atoms. The van der Waals surface area contributed by atoms with Crippen molar-refractivity contribution in [2.45, 2.75) is 6.61 Å². The number of carbonyl (C=O) groups excluding carboxylic acids is 3. The molecule has 0 unspecified atom stereocenters. The van der Waals surface area contributed by atoms with E-state index < -0.39 is 23.7 Å². The molecule has 4 aromatic rings. The van der Waals surface area contributed by atoms with Crippen LogP contribution < -0.4 is 15.0 Å². The Bertz CT molecular complexity index is 1510. The lowest BCUT2D eigenvalue weighted by molar-refractivity contribution is -0.122. The van der Waals surface area contributed by atoms with Gasteiger partial charge in [-0.05, 0) is 40.6 Å². The second-order valence-corrected chi connectivity index (χ2v) is 7.87. The second-order valence-electron chi connectivity index (χ2n) is 7.87. The molecule has 0 aromatic heterocycles. The number of fused-ring (bicyclic) bond motifs is 1. The first-order chi connectivity index (χ1) is 17.0. The van der Waals surface area contributed by atoms with E-state index in [-0.39, 0.29) is 17.9 Å². The highest BCUT2D eigenvalue weighted by Gasteiger charge is 2.38. The number of urea groups is 1. The van der Waals surface area contributed by atoms with Gasteiger partial charge < -0.3 is 4.74 Å². The van der Waals surface area contributed by atoms with Gasteiger partial charge in [0.05, 0.1) is 5.69 Å². The highest BCUT2D eigenvalue weighted by molar-refractivity contribution is 6.39. The number of imide groups is 2. The highest BCUT2D eigenvalue weighted by atomic mass is 19.1. The Hall–Kier alpha value is -4.78. The maximum absolute atomic E-state index is 14.3. The van der Waals surface area contributed by atoms with Gasteiger partial charge in [-0.2, -0.15) is 0 Å². The number of benzene rings is 4. The van der Waals surface area contributed by atoms with E-state index in [0.29, 0.717) is 16.2 Å². The topological polar surface area (TPSA) is 75.7 Å². The molecule has 7 heteroatoms. The van der Waals surface area contributed by atoms with Gasteiger partial charge in [0.25, 0.3) is 11.8 Å². The Morgan fingerprint density at radius 3 is 2.40 bits per heavy atom. The van der Waals surface area contributed by atoms with Crippen LogP contribution in [-0.2, 0) is 16.2 Å². The monoisotopic (exact) mass is 466 g/mol. The van der Waals surface area contributed by atoms with Gasteiger partial charge in [0.2, 0.25) is 0 Å². The minimum absolute atomic E-state index is 0.242. The van der Waals surface area contributed by atoms with Gasteiger partial charge in [-0.25, -0.2) is 14.1 Å². The molecule has 172 valence electrons. The second kappa shape index (κ2) is 9.23.